The van der Waals surface area contributed by atoms with E-state index in [0.29, 0.717) is 17.6 Å². The van der Waals surface area contributed by atoms with Gasteiger partial charge in [0, 0.05) is 42.7 Å². The highest BCUT2D eigenvalue weighted by Crippen LogP contribution is 2.44. The third-order valence-electron chi connectivity index (χ3n) is 9.08. The number of piperidine rings is 1. The largest absolute Gasteiger partial charge is 0.491 e. The van der Waals surface area contributed by atoms with E-state index in [1.54, 1.807) is 4.90 Å². The Morgan fingerprint density at radius 3 is 2.46 bits per heavy atom. The molecule has 1 amide bonds. The number of likely N-dealkylation sites (tertiary alicyclic amines) is 1. The van der Waals surface area contributed by atoms with Crippen molar-refractivity contribution in [2.24, 2.45) is 5.41 Å². The number of amides is 1. The van der Waals surface area contributed by atoms with Gasteiger partial charge in [0.1, 0.15) is 23.3 Å². The zero-order chi connectivity index (χ0) is 30.0. The molecule has 0 aliphatic carbocycles. The van der Waals surface area contributed by atoms with Crippen LogP contribution in [0.5, 0.6) is 5.75 Å². The van der Waals surface area contributed by atoms with Gasteiger partial charge in [0.05, 0.1) is 13.2 Å². The van der Waals surface area contributed by atoms with Crippen molar-refractivity contribution in [2.45, 2.75) is 84.5 Å². The molecule has 0 saturated carbocycles. The molecule has 1 aromatic heterocycles. The molecule has 2 aliphatic rings. The van der Waals surface area contributed by atoms with E-state index < -0.39 is 8.32 Å². The Morgan fingerprint density at radius 2 is 1.85 bits per heavy atom. The summed E-state index contributed by atoms with van der Waals surface area (Å²) in [6.07, 6.45) is 3.74. The molecule has 2 aromatic rings. The molecule has 0 bridgehead atoms. The van der Waals surface area contributed by atoms with E-state index >= 15 is 0 Å². The average molecular weight is 603 g/mol. The molecule has 1 atom stereocenters. The van der Waals surface area contributed by atoms with E-state index in [-0.39, 0.29) is 22.7 Å². The number of nitrogens with zero attached hydrogens (tertiary/aromatic N) is 4. The smallest absolute Gasteiger partial charge is 0.409 e. The SMILES string of the molecule is CCC[C@H](COc1cccc(-c2nc(Cl)c(C)c(N3CC4(CCN(C(=O)OC)CC4)C3)n2)c1)O[Si](C)(C)C(C)(C)C. The number of benzene rings is 1. The molecular weight excluding hydrogens is 556 g/mol. The fourth-order valence-corrected chi connectivity index (χ4v) is 6.98. The fourth-order valence-electron chi connectivity index (χ4n) is 5.44. The summed E-state index contributed by atoms with van der Waals surface area (Å²) in [6.45, 7) is 19.3. The minimum atomic E-state index is -1.90. The third kappa shape index (κ3) is 7.17. The van der Waals surface area contributed by atoms with Gasteiger partial charge in [-0.25, -0.2) is 14.8 Å². The Kier molecular flexibility index (Phi) is 9.61. The van der Waals surface area contributed by atoms with Crippen LogP contribution < -0.4 is 9.64 Å². The van der Waals surface area contributed by atoms with E-state index in [2.05, 4.69) is 50.7 Å². The molecule has 41 heavy (non-hydrogen) atoms. The number of anilines is 1. The maximum absolute atomic E-state index is 11.9. The summed E-state index contributed by atoms with van der Waals surface area (Å²) in [5.74, 6) is 2.23. The Bertz CT molecular complexity index is 1220. The van der Waals surface area contributed by atoms with Crippen molar-refractivity contribution in [3.63, 3.8) is 0 Å². The normalized spacial score (nSPS) is 17.8. The lowest BCUT2D eigenvalue weighted by atomic mass is 9.72. The van der Waals surface area contributed by atoms with Crippen molar-refractivity contribution in [3.05, 3.63) is 35.0 Å². The number of hydrogen-bond donors (Lipinski definition) is 0. The van der Waals surface area contributed by atoms with Crippen molar-refractivity contribution < 1.29 is 18.7 Å². The van der Waals surface area contributed by atoms with Gasteiger partial charge in [-0.3, -0.25) is 0 Å². The fraction of sp³-hybridized carbons (Fsp3) is 0.645. The molecule has 0 unspecified atom stereocenters. The van der Waals surface area contributed by atoms with Gasteiger partial charge in [0.2, 0.25) is 0 Å². The molecule has 0 radical (unpaired) electrons. The van der Waals surface area contributed by atoms with Gasteiger partial charge >= 0.3 is 6.09 Å². The van der Waals surface area contributed by atoms with E-state index in [1.807, 2.05) is 31.2 Å². The first-order chi connectivity index (χ1) is 19.3. The average Bonchev–Trinajstić information content (AvgIpc) is 2.91. The second-order valence-electron chi connectivity index (χ2n) is 13.2. The molecule has 4 rings (SSSR count). The minimum absolute atomic E-state index is 0.0550. The van der Waals surface area contributed by atoms with Crippen LogP contribution in [0.15, 0.2) is 24.3 Å². The summed E-state index contributed by atoms with van der Waals surface area (Å²) >= 11 is 6.64. The zero-order valence-electron chi connectivity index (χ0n) is 26.1. The number of aromatic nitrogens is 2. The molecule has 2 saturated heterocycles. The number of methoxy groups -OCH3 is 1. The van der Waals surface area contributed by atoms with Crippen LogP contribution in [0.25, 0.3) is 11.4 Å². The monoisotopic (exact) mass is 602 g/mol. The van der Waals surface area contributed by atoms with Gasteiger partial charge < -0.3 is 23.7 Å². The molecule has 8 nitrogen and oxygen atoms in total. The summed E-state index contributed by atoms with van der Waals surface area (Å²) in [6, 6.07) is 7.92. The Morgan fingerprint density at radius 1 is 1.17 bits per heavy atom. The highest BCUT2D eigenvalue weighted by atomic mass is 35.5. The standard InChI is InChI=1S/C31H47ClN4O4Si/c1-9-11-25(40-41(7,8)30(3,4)5)19-39-24-13-10-12-23(18-24)27-33-26(32)22(2)28(34-27)36-20-31(21-36)14-16-35(17-15-31)29(37)38-6/h10,12-13,18,25H,9,11,14-17,19-21H2,1-8H3/t25-/m1/s1. The van der Waals surface area contributed by atoms with E-state index in [0.717, 1.165) is 74.6 Å². The van der Waals surface area contributed by atoms with Crippen molar-refractivity contribution in [1.82, 2.24) is 14.9 Å². The molecule has 2 aliphatic heterocycles. The quantitative estimate of drug-likeness (QED) is 0.219. The maximum atomic E-state index is 11.9. The molecule has 2 fully saturated rings. The van der Waals surface area contributed by atoms with Crippen LogP contribution >= 0.6 is 11.6 Å². The van der Waals surface area contributed by atoms with Crippen LogP contribution in [-0.4, -0.2) is 75.3 Å². The topological polar surface area (TPSA) is 77.0 Å². The van der Waals surface area contributed by atoms with Gasteiger partial charge in [-0.15, -0.1) is 0 Å². The van der Waals surface area contributed by atoms with Gasteiger partial charge in [-0.05, 0) is 56.5 Å². The number of hydrogen-bond acceptors (Lipinski definition) is 7. The first-order valence-corrected chi connectivity index (χ1v) is 18.1. The summed E-state index contributed by atoms with van der Waals surface area (Å²) in [5.41, 5.74) is 1.95. The molecule has 10 heteroatoms. The summed E-state index contributed by atoms with van der Waals surface area (Å²) in [5, 5.41) is 0.610. The molecule has 0 N–H and O–H groups in total. The second kappa shape index (κ2) is 12.5. The van der Waals surface area contributed by atoms with E-state index in [9.17, 15) is 4.79 Å². The number of rotatable bonds is 9. The Hall–Kier alpha value is -2.36. The van der Waals surface area contributed by atoms with Crippen LogP contribution in [0, 0.1) is 12.3 Å². The lowest BCUT2D eigenvalue weighted by Gasteiger charge is -2.54. The predicted octanol–water partition coefficient (Wildman–Crippen LogP) is 7.34. The van der Waals surface area contributed by atoms with Crippen molar-refractivity contribution in [3.8, 4) is 17.1 Å². The highest BCUT2D eigenvalue weighted by molar-refractivity contribution is 6.74. The molecule has 1 aromatic carbocycles. The van der Waals surface area contributed by atoms with Gasteiger partial charge in [-0.1, -0.05) is 57.8 Å². The van der Waals surface area contributed by atoms with E-state index in [4.69, 9.17) is 30.5 Å². The van der Waals surface area contributed by atoms with Crippen LogP contribution in [0.1, 0.15) is 58.9 Å². The van der Waals surface area contributed by atoms with Crippen LogP contribution in [0.2, 0.25) is 23.3 Å². The first-order valence-electron chi connectivity index (χ1n) is 14.8. The summed E-state index contributed by atoms with van der Waals surface area (Å²) in [4.78, 5) is 25.6. The lowest BCUT2D eigenvalue weighted by Crippen LogP contribution is -2.61. The lowest BCUT2D eigenvalue weighted by molar-refractivity contribution is 0.0621. The number of carbonyl (C=O) groups excluding carboxylic acids is 1. The van der Waals surface area contributed by atoms with Gasteiger partial charge in [0.15, 0.2) is 14.1 Å². The van der Waals surface area contributed by atoms with Crippen molar-refractivity contribution >= 4 is 31.8 Å². The van der Waals surface area contributed by atoms with Gasteiger partial charge in [0.25, 0.3) is 0 Å². The van der Waals surface area contributed by atoms with Crippen molar-refractivity contribution in [1.29, 1.82) is 0 Å². The first kappa shape index (κ1) is 31.6. The Labute approximate surface area is 251 Å². The van der Waals surface area contributed by atoms with Crippen LogP contribution in [0.3, 0.4) is 0 Å². The predicted molar refractivity (Wildman–Crippen MR) is 168 cm³/mol. The highest BCUT2D eigenvalue weighted by Gasteiger charge is 2.46. The molecule has 3 heterocycles. The van der Waals surface area contributed by atoms with Crippen LogP contribution in [0.4, 0.5) is 10.6 Å². The molecule has 1 spiro atoms. The zero-order valence-corrected chi connectivity index (χ0v) is 27.8. The van der Waals surface area contributed by atoms with Crippen molar-refractivity contribution in [2.75, 3.05) is 44.8 Å². The third-order valence-corrected chi connectivity index (χ3v) is 14.0. The number of carbonyl (C=O) groups is 1. The molecule has 226 valence electrons. The Balaban J connectivity index is 1.44. The summed E-state index contributed by atoms with van der Waals surface area (Å²) < 4.78 is 17.8. The minimum Gasteiger partial charge on any atom is -0.491 e. The van der Waals surface area contributed by atoms with E-state index in [1.165, 1.54) is 7.11 Å². The van der Waals surface area contributed by atoms with Crippen LogP contribution in [-0.2, 0) is 9.16 Å². The number of halogens is 1. The second-order valence-corrected chi connectivity index (χ2v) is 18.3. The molecular formula is C31H47ClN4O4Si. The number of ether oxygens (including phenoxy) is 2. The van der Waals surface area contributed by atoms with Gasteiger partial charge in [-0.2, -0.15) is 0 Å². The summed E-state index contributed by atoms with van der Waals surface area (Å²) in [7, 11) is -0.464. The maximum Gasteiger partial charge on any atom is 0.409 e.